The Morgan fingerprint density at radius 1 is 1.03 bits per heavy atom. The Labute approximate surface area is 406 Å². The zero-order valence-electron chi connectivity index (χ0n) is 38.5. The molecule has 15 nitrogen and oxygen atoms in total. The summed E-state index contributed by atoms with van der Waals surface area (Å²) in [6.45, 7) is 12.3. The van der Waals surface area contributed by atoms with Gasteiger partial charge in [-0.3, -0.25) is 19.8 Å². The van der Waals surface area contributed by atoms with E-state index in [9.17, 15) is 28.6 Å². The second kappa shape index (κ2) is 19.4. The van der Waals surface area contributed by atoms with E-state index < -0.39 is 36.9 Å². The number of thioether (sulfide) groups is 1. The van der Waals surface area contributed by atoms with Gasteiger partial charge in [0.15, 0.2) is 0 Å². The van der Waals surface area contributed by atoms with Gasteiger partial charge < -0.3 is 24.8 Å². The molecular weight excluding hydrogens is 922 g/mol. The van der Waals surface area contributed by atoms with E-state index in [0.717, 1.165) is 73.9 Å². The van der Waals surface area contributed by atoms with Crippen molar-refractivity contribution in [3.63, 3.8) is 0 Å². The Hall–Kier alpha value is -5.64. The van der Waals surface area contributed by atoms with E-state index in [1.54, 1.807) is 12.3 Å². The normalized spacial score (nSPS) is 20.4. The van der Waals surface area contributed by atoms with Crippen LogP contribution in [0.1, 0.15) is 68.8 Å². The molecule has 5 aromatic rings. The molecule has 18 heteroatoms. The van der Waals surface area contributed by atoms with E-state index in [-0.39, 0.29) is 29.1 Å². The standard InChI is InChI=1S/C50H56ClN9O6S2/c1-49(2)16-12-36(41(27-49)34-4-6-37(51)7-5-34)29-57-18-20-58(21-19-57)38-8-10-40(43(25-38)59-31-50(3,30-52)32-67-48-45(59)24-35-13-17-53-46(35)55-48)47(61)56-68(64,65)39-9-11-42(44(26-39)60(62)63)54-28-33-14-22-66-23-15-33/h4-11,13,17,24-26,33,54H,12,14-16,18-23,27-29,31-32H2,1-3H3,(H,53,55)(H,56,61). The Morgan fingerprint density at radius 3 is 2.53 bits per heavy atom. The summed E-state index contributed by atoms with van der Waals surface area (Å²) in [6, 6.07) is 23.5. The monoisotopic (exact) mass is 977 g/mol. The van der Waals surface area contributed by atoms with Gasteiger partial charge >= 0.3 is 0 Å². The third kappa shape index (κ3) is 10.3. The molecule has 0 radical (unpaired) electrons. The number of nitrogens with zero attached hydrogens (tertiary/aromatic N) is 6. The number of amides is 1. The Kier molecular flexibility index (Phi) is 13.5. The topological polar surface area (TPSA) is 190 Å². The Morgan fingerprint density at radius 2 is 1.79 bits per heavy atom. The molecule has 4 aliphatic rings. The number of aromatic amines is 1. The lowest BCUT2D eigenvalue weighted by molar-refractivity contribution is -0.384. The number of aromatic nitrogens is 2. The van der Waals surface area contributed by atoms with E-state index in [0.29, 0.717) is 60.6 Å². The number of nitro benzene ring substituents is 1. The summed E-state index contributed by atoms with van der Waals surface area (Å²) in [5, 5.41) is 28.2. The zero-order valence-corrected chi connectivity index (χ0v) is 40.9. The Balaban J connectivity index is 1.02. The van der Waals surface area contributed by atoms with Crippen LogP contribution in [-0.4, -0.2) is 98.9 Å². The van der Waals surface area contributed by atoms with Crippen LogP contribution in [0.2, 0.25) is 5.02 Å². The van der Waals surface area contributed by atoms with Gasteiger partial charge in [-0.15, -0.1) is 11.8 Å². The fourth-order valence-electron chi connectivity index (χ4n) is 9.69. The van der Waals surface area contributed by atoms with Crippen molar-refractivity contribution in [1.82, 2.24) is 19.6 Å². The molecule has 9 rings (SSSR count). The minimum atomic E-state index is -4.62. The fourth-order valence-corrected chi connectivity index (χ4v) is 11.9. The van der Waals surface area contributed by atoms with E-state index in [2.05, 4.69) is 56.9 Å². The molecule has 1 atom stereocenters. The summed E-state index contributed by atoms with van der Waals surface area (Å²) in [5.74, 6) is -0.237. The van der Waals surface area contributed by atoms with E-state index in [1.165, 1.54) is 40.6 Å². The van der Waals surface area contributed by atoms with Crippen LogP contribution < -0.4 is 19.8 Å². The number of nitrogens with one attached hydrogen (secondary N) is 3. The molecule has 0 saturated carbocycles. The lowest BCUT2D eigenvalue weighted by atomic mass is 9.72. The first-order valence-corrected chi connectivity index (χ1v) is 26.0. The number of ether oxygens (including phenoxy) is 1. The van der Waals surface area contributed by atoms with Crippen LogP contribution >= 0.6 is 23.4 Å². The number of nitriles is 1. The maximum absolute atomic E-state index is 14.6. The van der Waals surface area contributed by atoms with Crippen LogP contribution in [0.15, 0.2) is 94.5 Å². The third-order valence-electron chi connectivity index (χ3n) is 13.7. The maximum Gasteiger partial charge on any atom is 0.293 e. The summed E-state index contributed by atoms with van der Waals surface area (Å²) >= 11 is 7.74. The molecule has 0 spiro atoms. The van der Waals surface area contributed by atoms with Crippen LogP contribution in [0.4, 0.5) is 28.4 Å². The number of fused-ring (bicyclic) bond motifs is 2. The van der Waals surface area contributed by atoms with Gasteiger partial charge in [0, 0.05) is 93.1 Å². The van der Waals surface area contributed by atoms with Crippen molar-refractivity contribution < 1.29 is 22.9 Å². The van der Waals surface area contributed by atoms with E-state index in [4.69, 9.17) is 21.3 Å². The number of benzene rings is 3. The molecule has 3 aromatic carbocycles. The summed E-state index contributed by atoms with van der Waals surface area (Å²) in [5.41, 5.74) is 5.82. The van der Waals surface area contributed by atoms with Crippen molar-refractivity contribution >= 4 is 84.3 Å². The first-order valence-electron chi connectivity index (χ1n) is 23.1. The zero-order chi connectivity index (χ0) is 47.8. The van der Waals surface area contributed by atoms with E-state index >= 15 is 0 Å². The van der Waals surface area contributed by atoms with Crippen molar-refractivity contribution in [2.45, 2.75) is 62.8 Å². The van der Waals surface area contributed by atoms with Gasteiger partial charge in [-0.25, -0.2) is 18.1 Å². The lowest BCUT2D eigenvalue weighted by Gasteiger charge is -2.39. The molecule has 1 unspecified atom stereocenters. The number of piperazine rings is 1. The first-order chi connectivity index (χ1) is 32.6. The summed E-state index contributed by atoms with van der Waals surface area (Å²) in [7, 11) is -4.62. The smallest absolute Gasteiger partial charge is 0.293 e. The summed E-state index contributed by atoms with van der Waals surface area (Å²) in [4.78, 5) is 40.6. The number of rotatable bonds is 12. The number of hydrogen-bond donors (Lipinski definition) is 3. The van der Waals surface area contributed by atoms with Gasteiger partial charge in [-0.2, -0.15) is 5.26 Å². The predicted octanol–water partition coefficient (Wildman–Crippen LogP) is 9.64. The summed E-state index contributed by atoms with van der Waals surface area (Å²) < 4.78 is 35.8. The van der Waals surface area contributed by atoms with Crippen molar-refractivity contribution in [1.29, 1.82) is 5.26 Å². The number of hydrogen-bond acceptors (Lipinski definition) is 13. The predicted molar refractivity (Wildman–Crippen MR) is 268 cm³/mol. The number of anilines is 4. The first kappa shape index (κ1) is 47.4. The van der Waals surface area contributed by atoms with Crippen LogP contribution in [0.5, 0.6) is 0 Å². The number of allylic oxidation sites excluding steroid dienone is 1. The van der Waals surface area contributed by atoms with Gasteiger partial charge in [0.25, 0.3) is 21.6 Å². The second-order valence-corrected chi connectivity index (χ2v) is 22.6. The van der Waals surface area contributed by atoms with Gasteiger partial charge in [-0.1, -0.05) is 43.2 Å². The largest absolute Gasteiger partial charge is 0.381 e. The van der Waals surface area contributed by atoms with Gasteiger partial charge in [-0.05, 0) is 116 Å². The minimum Gasteiger partial charge on any atom is -0.381 e. The lowest BCUT2D eigenvalue weighted by Crippen LogP contribution is -2.47. The molecule has 2 saturated heterocycles. The minimum absolute atomic E-state index is 0.0504. The average molecular weight is 979 g/mol. The number of carbonyl (C=O) groups excluding carboxylic acids is 1. The van der Waals surface area contributed by atoms with Crippen LogP contribution in [0.25, 0.3) is 16.6 Å². The molecule has 1 amide bonds. The molecule has 3 aliphatic heterocycles. The van der Waals surface area contributed by atoms with Gasteiger partial charge in [0.05, 0.1) is 38.2 Å². The fraction of sp³-hybridized carbons (Fsp3) is 0.420. The quantitative estimate of drug-likeness (QED) is 0.0792. The van der Waals surface area contributed by atoms with Crippen LogP contribution in [-0.2, 0) is 14.8 Å². The Bertz CT molecular complexity index is 2920. The maximum atomic E-state index is 14.6. The molecule has 356 valence electrons. The van der Waals surface area contributed by atoms with Crippen molar-refractivity contribution in [3.8, 4) is 6.07 Å². The molecule has 2 fully saturated rings. The van der Waals surface area contributed by atoms with Crippen molar-refractivity contribution in [2.24, 2.45) is 16.7 Å². The molecule has 3 N–H and O–H groups in total. The molecule has 68 heavy (non-hydrogen) atoms. The van der Waals surface area contributed by atoms with Crippen LogP contribution in [0.3, 0.4) is 0 Å². The highest BCUT2D eigenvalue weighted by atomic mass is 35.5. The number of pyridine rings is 1. The van der Waals surface area contributed by atoms with Crippen LogP contribution in [0, 0.1) is 38.2 Å². The molecule has 2 aromatic heterocycles. The van der Waals surface area contributed by atoms with E-state index in [1.807, 2.05) is 48.2 Å². The number of halogens is 1. The SMILES string of the molecule is CC1(C)CCC(CN2CCN(c3ccc(C(=O)NS(=O)(=O)c4ccc(NCC5CCOCC5)c([N+](=O)[O-])c4)c(N4CC(C)(C#N)CSc5nc6[nH]ccc6cc54)c3)CC2)=C(c2ccc(Cl)cc2)C1. The number of sulfonamides is 1. The molecule has 5 heterocycles. The second-order valence-electron chi connectivity index (χ2n) is 19.5. The van der Waals surface area contributed by atoms with Crippen molar-refractivity contribution in [2.75, 3.05) is 79.9 Å². The van der Waals surface area contributed by atoms with Crippen molar-refractivity contribution in [3.05, 3.63) is 111 Å². The average Bonchev–Trinajstić information content (AvgIpc) is 3.74. The highest BCUT2D eigenvalue weighted by molar-refractivity contribution is 7.99. The number of H-pyrrole nitrogens is 1. The third-order valence-corrected chi connectivity index (χ3v) is 16.7. The number of nitro groups is 1. The molecule has 1 aliphatic carbocycles. The summed E-state index contributed by atoms with van der Waals surface area (Å²) in [6.07, 6.45) is 6.59. The highest BCUT2D eigenvalue weighted by Crippen LogP contribution is 2.46. The van der Waals surface area contributed by atoms with Gasteiger partial charge in [0.2, 0.25) is 0 Å². The number of carbonyl (C=O) groups is 1. The molecular formula is C50H56ClN9O6S2. The van der Waals surface area contributed by atoms with Gasteiger partial charge in [0.1, 0.15) is 16.4 Å². The molecule has 0 bridgehead atoms. The highest BCUT2D eigenvalue weighted by Gasteiger charge is 2.37.